The molecular formula is C12H8BrN3O3. The number of carbonyl (C=O) groups is 2. The molecular weight excluding hydrogens is 314 g/mol. The minimum absolute atomic E-state index is 0.0262. The number of carboxylic acid groups (broad SMARTS) is 1. The Morgan fingerprint density at radius 2 is 1.89 bits per heavy atom. The molecule has 2 N–H and O–H groups in total. The highest BCUT2D eigenvalue weighted by Gasteiger charge is 2.10. The van der Waals surface area contributed by atoms with Crippen LogP contribution in [0.2, 0.25) is 0 Å². The van der Waals surface area contributed by atoms with Crippen molar-refractivity contribution < 1.29 is 14.7 Å². The van der Waals surface area contributed by atoms with Gasteiger partial charge in [0.25, 0.3) is 5.91 Å². The molecule has 0 spiro atoms. The van der Waals surface area contributed by atoms with E-state index in [2.05, 4.69) is 31.2 Å². The zero-order chi connectivity index (χ0) is 13.8. The van der Waals surface area contributed by atoms with Gasteiger partial charge in [-0.25, -0.2) is 9.78 Å². The first-order chi connectivity index (χ1) is 9.06. The smallest absolute Gasteiger partial charge is 0.337 e. The fraction of sp³-hybridized carbons (Fsp3) is 0. The summed E-state index contributed by atoms with van der Waals surface area (Å²) in [6, 6.07) is 6.04. The summed E-state index contributed by atoms with van der Waals surface area (Å²) >= 11 is 3.23. The zero-order valence-corrected chi connectivity index (χ0v) is 11.1. The van der Waals surface area contributed by atoms with Crippen LogP contribution in [0.25, 0.3) is 0 Å². The molecule has 2 heterocycles. The van der Waals surface area contributed by atoms with Crippen molar-refractivity contribution in [3.05, 3.63) is 52.4 Å². The quantitative estimate of drug-likeness (QED) is 0.904. The molecule has 0 fully saturated rings. The lowest BCUT2D eigenvalue weighted by Gasteiger charge is -2.03. The van der Waals surface area contributed by atoms with Crippen LogP contribution < -0.4 is 5.32 Å². The fourth-order valence-electron chi connectivity index (χ4n) is 1.28. The maximum atomic E-state index is 11.8. The third-order valence-electron chi connectivity index (χ3n) is 2.21. The number of carbonyl (C=O) groups excluding carboxylic acids is 1. The summed E-state index contributed by atoms with van der Waals surface area (Å²) in [5.41, 5.74) is 0.146. The molecule has 0 saturated carbocycles. The van der Waals surface area contributed by atoms with Gasteiger partial charge in [0.1, 0.15) is 11.5 Å². The van der Waals surface area contributed by atoms with Crippen LogP contribution in [-0.4, -0.2) is 27.0 Å². The molecule has 6 nitrogen and oxygen atoms in total. The number of aromatic nitrogens is 2. The maximum Gasteiger partial charge on any atom is 0.337 e. The van der Waals surface area contributed by atoms with Crippen LogP contribution >= 0.6 is 15.9 Å². The van der Waals surface area contributed by atoms with Gasteiger partial charge in [-0.2, -0.15) is 0 Å². The van der Waals surface area contributed by atoms with Gasteiger partial charge >= 0.3 is 5.97 Å². The van der Waals surface area contributed by atoms with Gasteiger partial charge in [0, 0.05) is 16.9 Å². The second kappa shape index (κ2) is 5.57. The van der Waals surface area contributed by atoms with Crippen molar-refractivity contribution >= 4 is 33.6 Å². The van der Waals surface area contributed by atoms with E-state index >= 15 is 0 Å². The van der Waals surface area contributed by atoms with Crippen LogP contribution in [0.4, 0.5) is 5.82 Å². The third-order valence-corrected chi connectivity index (χ3v) is 2.68. The van der Waals surface area contributed by atoms with E-state index in [9.17, 15) is 9.59 Å². The Kier molecular flexibility index (Phi) is 3.86. The Morgan fingerprint density at radius 1 is 1.11 bits per heavy atom. The number of hydrogen-bond donors (Lipinski definition) is 2. The van der Waals surface area contributed by atoms with E-state index in [1.54, 1.807) is 18.3 Å². The lowest BCUT2D eigenvalue weighted by molar-refractivity contribution is 0.0696. The highest BCUT2D eigenvalue weighted by molar-refractivity contribution is 9.10. The topological polar surface area (TPSA) is 92.2 Å². The molecule has 0 unspecified atom stereocenters. The van der Waals surface area contributed by atoms with Gasteiger partial charge < -0.3 is 10.4 Å². The molecule has 0 aromatic carbocycles. The Hall–Kier alpha value is -2.28. The van der Waals surface area contributed by atoms with Crippen molar-refractivity contribution in [2.75, 3.05) is 5.32 Å². The van der Waals surface area contributed by atoms with E-state index in [1.807, 2.05) is 0 Å². The highest BCUT2D eigenvalue weighted by atomic mass is 79.9. The summed E-state index contributed by atoms with van der Waals surface area (Å²) in [4.78, 5) is 30.2. The number of halogens is 1. The van der Waals surface area contributed by atoms with Gasteiger partial charge in [-0.3, -0.25) is 9.78 Å². The molecule has 7 heteroatoms. The summed E-state index contributed by atoms with van der Waals surface area (Å²) in [6.45, 7) is 0. The third kappa shape index (κ3) is 3.35. The molecule has 0 saturated heterocycles. The number of hydrogen-bond acceptors (Lipinski definition) is 4. The van der Waals surface area contributed by atoms with E-state index in [4.69, 9.17) is 5.11 Å². The molecule has 0 radical (unpaired) electrons. The average molecular weight is 322 g/mol. The van der Waals surface area contributed by atoms with Gasteiger partial charge in [-0.05, 0) is 40.2 Å². The van der Waals surface area contributed by atoms with E-state index in [-0.39, 0.29) is 11.3 Å². The van der Waals surface area contributed by atoms with Gasteiger partial charge in [-0.1, -0.05) is 0 Å². The summed E-state index contributed by atoms with van der Waals surface area (Å²) in [6.07, 6.45) is 2.68. The minimum Gasteiger partial charge on any atom is -0.478 e. The second-order valence-electron chi connectivity index (χ2n) is 3.55. The molecule has 2 aromatic rings. The SMILES string of the molecule is O=C(O)c1ccc(C(=O)Nc2ccc(Br)cn2)nc1. The molecule has 96 valence electrons. The van der Waals surface area contributed by atoms with Crippen molar-refractivity contribution in [3.8, 4) is 0 Å². The van der Waals surface area contributed by atoms with Gasteiger partial charge in [0.15, 0.2) is 0 Å². The van der Waals surface area contributed by atoms with E-state index in [1.165, 1.54) is 12.1 Å². The highest BCUT2D eigenvalue weighted by Crippen LogP contribution is 2.11. The van der Waals surface area contributed by atoms with Crippen LogP contribution in [0.3, 0.4) is 0 Å². The summed E-state index contributed by atoms with van der Waals surface area (Å²) in [5.74, 6) is -1.15. The molecule has 0 atom stereocenters. The van der Waals surface area contributed by atoms with Crippen LogP contribution in [0, 0.1) is 0 Å². The molecule has 0 bridgehead atoms. The van der Waals surface area contributed by atoms with Crippen molar-refractivity contribution in [1.82, 2.24) is 9.97 Å². The summed E-state index contributed by atoms with van der Waals surface area (Å²) in [7, 11) is 0. The monoisotopic (exact) mass is 321 g/mol. The number of pyridine rings is 2. The van der Waals surface area contributed by atoms with Crippen molar-refractivity contribution in [2.45, 2.75) is 0 Å². The van der Waals surface area contributed by atoms with E-state index < -0.39 is 11.9 Å². The Labute approximate surface area is 116 Å². The van der Waals surface area contributed by atoms with Crippen molar-refractivity contribution in [3.63, 3.8) is 0 Å². The first kappa shape index (κ1) is 13.2. The maximum absolute atomic E-state index is 11.8. The summed E-state index contributed by atoms with van der Waals surface area (Å²) in [5, 5.41) is 11.3. The standard InChI is InChI=1S/C12H8BrN3O3/c13-8-2-4-10(15-6-8)16-11(17)9-3-1-7(5-14-9)12(18)19/h1-6H,(H,18,19)(H,15,16,17). The number of carboxylic acids is 1. The number of anilines is 1. The van der Waals surface area contributed by atoms with Crippen molar-refractivity contribution in [2.24, 2.45) is 0 Å². The number of nitrogens with one attached hydrogen (secondary N) is 1. The molecule has 2 rings (SSSR count). The molecule has 1 amide bonds. The first-order valence-electron chi connectivity index (χ1n) is 5.18. The van der Waals surface area contributed by atoms with Gasteiger partial charge in [0.05, 0.1) is 5.56 Å². The lowest BCUT2D eigenvalue weighted by atomic mass is 10.2. The number of aromatic carboxylic acids is 1. The lowest BCUT2D eigenvalue weighted by Crippen LogP contribution is -2.14. The van der Waals surface area contributed by atoms with E-state index in [0.29, 0.717) is 5.82 Å². The van der Waals surface area contributed by atoms with Crippen LogP contribution in [0.15, 0.2) is 41.1 Å². The first-order valence-corrected chi connectivity index (χ1v) is 5.98. The summed E-state index contributed by atoms with van der Waals surface area (Å²) < 4.78 is 0.800. The minimum atomic E-state index is -1.09. The molecule has 19 heavy (non-hydrogen) atoms. The predicted octanol–water partition coefficient (Wildman–Crippen LogP) is 2.19. The normalized spacial score (nSPS) is 9.95. The predicted molar refractivity (Wildman–Crippen MR) is 71.1 cm³/mol. The van der Waals surface area contributed by atoms with Gasteiger partial charge in [0.2, 0.25) is 0 Å². The molecule has 2 aromatic heterocycles. The zero-order valence-electron chi connectivity index (χ0n) is 9.50. The Bertz CT molecular complexity index is 611. The molecule has 0 aliphatic heterocycles. The molecule has 0 aliphatic rings. The van der Waals surface area contributed by atoms with Crippen LogP contribution in [-0.2, 0) is 0 Å². The van der Waals surface area contributed by atoms with Crippen LogP contribution in [0.1, 0.15) is 20.8 Å². The Balaban J connectivity index is 2.11. The number of amides is 1. The van der Waals surface area contributed by atoms with Gasteiger partial charge in [-0.15, -0.1) is 0 Å². The van der Waals surface area contributed by atoms with E-state index in [0.717, 1.165) is 10.7 Å². The van der Waals surface area contributed by atoms with Crippen molar-refractivity contribution in [1.29, 1.82) is 0 Å². The Morgan fingerprint density at radius 3 is 2.42 bits per heavy atom. The largest absolute Gasteiger partial charge is 0.478 e. The average Bonchev–Trinajstić information content (AvgIpc) is 2.41. The molecule has 0 aliphatic carbocycles. The van der Waals surface area contributed by atoms with Crippen LogP contribution in [0.5, 0.6) is 0 Å². The number of nitrogens with zero attached hydrogens (tertiary/aromatic N) is 2. The fourth-order valence-corrected chi connectivity index (χ4v) is 1.52. The second-order valence-corrected chi connectivity index (χ2v) is 4.47. The number of rotatable bonds is 3.